The lowest BCUT2D eigenvalue weighted by Crippen LogP contribution is -2.28. The predicted octanol–water partition coefficient (Wildman–Crippen LogP) is 12.0. The smallest absolute Gasteiger partial charge is 0.164 e. The Balaban J connectivity index is 1.14. The molecule has 7 aromatic carbocycles. The van der Waals surface area contributed by atoms with Crippen LogP contribution in [0.4, 0.5) is 0 Å². The Hall–Kier alpha value is -7.30. The monoisotopic (exact) mass is 702 g/mol. The van der Waals surface area contributed by atoms with Gasteiger partial charge >= 0.3 is 0 Å². The molecule has 0 unspecified atom stereocenters. The Morgan fingerprint density at radius 3 is 1.33 bits per heavy atom. The summed E-state index contributed by atoms with van der Waals surface area (Å²) < 4.78 is 0. The Labute approximate surface area is 320 Å². The summed E-state index contributed by atoms with van der Waals surface area (Å²) in [4.78, 5) is 19.7. The molecule has 2 aromatic heterocycles. The van der Waals surface area contributed by atoms with Gasteiger partial charge in [-0.15, -0.1) is 0 Å². The lowest BCUT2D eigenvalue weighted by molar-refractivity contribution is 0.768. The molecule has 0 atom stereocenters. The van der Waals surface area contributed by atoms with Crippen molar-refractivity contribution in [2.24, 2.45) is 0 Å². The Morgan fingerprint density at radius 2 is 0.745 bits per heavy atom. The number of hydrogen-bond acceptors (Lipinski definition) is 4. The Bertz CT molecular complexity index is 2630. The van der Waals surface area contributed by atoms with Crippen LogP contribution >= 0.6 is 0 Å². The van der Waals surface area contributed by atoms with Crippen LogP contribution in [0.3, 0.4) is 0 Å². The third kappa shape index (κ3) is 5.63. The summed E-state index contributed by atoms with van der Waals surface area (Å²) in [7, 11) is 0. The van der Waals surface area contributed by atoms with E-state index >= 15 is 0 Å². The molecule has 0 saturated heterocycles. The number of nitrogens with zero attached hydrogens (tertiary/aromatic N) is 4. The fraction of sp³-hybridized carbons (Fsp3) is 0.0196. The van der Waals surface area contributed by atoms with Crippen molar-refractivity contribution in [1.29, 1.82) is 0 Å². The highest BCUT2D eigenvalue weighted by molar-refractivity contribution is 5.88. The zero-order valence-electron chi connectivity index (χ0n) is 29.9. The number of hydrogen-bond donors (Lipinski definition) is 0. The maximum absolute atomic E-state index is 5.17. The van der Waals surface area contributed by atoms with E-state index in [-0.39, 0.29) is 0 Å². The highest BCUT2D eigenvalue weighted by Crippen LogP contribution is 2.56. The van der Waals surface area contributed by atoms with Gasteiger partial charge in [-0.3, -0.25) is 4.98 Å². The van der Waals surface area contributed by atoms with E-state index in [0.29, 0.717) is 17.5 Å². The van der Waals surface area contributed by atoms with Crippen molar-refractivity contribution in [3.05, 3.63) is 229 Å². The van der Waals surface area contributed by atoms with Crippen molar-refractivity contribution in [1.82, 2.24) is 19.9 Å². The van der Waals surface area contributed by atoms with Gasteiger partial charge in [0, 0.05) is 29.1 Å². The molecule has 1 aliphatic carbocycles. The van der Waals surface area contributed by atoms with E-state index in [1.807, 2.05) is 18.3 Å². The van der Waals surface area contributed by atoms with Crippen LogP contribution in [-0.2, 0) is 5.41 Å². The van der Waals surface area contributed by atoms with Crippen molar-refractivity contribution < 1.29 is 0 Å². The van der Waals surface area contributed by atoms with Gasteiger partial charge in [0.25, 0.3) is 0 Å². The minimum atomic E-state index is -0.473. The molecule has 258 valence electrons. The van der Waals surface area contributed by atoms with E-state index in [2.05, 4.69) is 187 Å². The number of pyridine rings is 1. The van der Waals surface area contributed by atoms with Gasteiger partial charge in [-0.05, 0) is 67.8 Å². The summed E-state index contributed by atoms with van der Waals surface area (Å²) in [6.07, 6.45) is 3.67. The van der Waals surface area contributed by atoms with Gasteiger partial charge in [-0.25, -0.2) is 15.0 Å². The maximum atomic E-state index is 5.17. The first-order valence-electron chi connectivity index (χ1n) is 18.5. The summed E-state index contributed by atoms with van der Waals surface area (Å²) in [5.74, 6) is 1.87. The second kappa shape index (κ2) is 13.6. The number of aromatic nitrogens is 4. The first-order chi connectivity index (χ1) is 27.3. The normalized spacial score (nSPS) is 12.5. The van der Waals surface area contributed by atoms with Crippen LogP contribution < -0.4 is 0 Å². The topological polar surface area (TPSA) is 51.6 Å². The Kier molecular flexibility index (Phi) is 8.00. The zero-order valence-corrected chi connectivity index (χ0v) is 29.9. The fourth-order valence-electron chi connectivity index (χ4n) is 8.14. The lowest BCUT2D eigenvalue weighted by atomic mass is 9.67. The molecule has 0 amide bonds. The first kappa shape index (κ1) is 32.4. The van der Waals surface area contributed by atoms with Crippen LogP contribution in [0.2, 0.25) is 0 Å². The largest absolute Gasteiger partial charge is 0.264 e. The molecule has 55 heavy (non-hydrogen) atoms. The quantitative estimate of drug-likeness (QED) is 0.166. The van der Waals surface area contributed by atoms with E-state index in [0.717, 1.165) is 33.4 Å². The standard InChI is InChI=1S/C51H34N4/c1-4-13-35(14-5-1)36-22-26-38(27-23-36)48-53-49(39-28-24-37(25-29-39)41-15-12-32-52-34-41)55-50(54-48)40-30-31-47-45(33-40)44-20-10-11-21-46(44)51(47,42-16-6-2-7-17-42)43-18-8-3-9-19-43/h1-34H. The van der Waals surface area contributed by atoms with Gasteiger partial charge in [0.2, 0.25) is 0 Å². The highest BCUT2D eigenvalue weighted by atomic mass is 15.0. The van der Waals surface area contributed by atoms with Crippen LogP contribution in [-0.4, -0.2) is 19.9 Å². The van der Waals surface area contributed by atoms with Crippen LogP contribution in [0.5, 0.6) is 0 Å². The molecule has 0 saturated carbocycles. The summed E-state index contributed by atoms with van der Waals surface area (Å²) in [5.41, 5.74) is 14.1. The third-order valence-electron chi connectivity index (χ3n) is 10.7. The van der Waals surface area contributed by atoms with Gasteiger partial charge in [0.1, 0.15) is 0 Å². The average Bonchev–Trinajstić information content (AvgIpc) is 3.58. The Morgan fingerprint density at radius 1 is 0.309 bits per heavy atom. The number of benzene rings is 7. The van der Waals surface area contributed by atoms with Crippen molar-refractivity contribution in [3.8, 4) is 67.5 Å². The molecule has 0 spiro atoms. The average molecular weight is 703 g/mol. The molecule has 0 bridgehead atoms. The van der Waals surface area contributed by atoms with Crippen LogP contribution in [0.15, 0.2) is 207 Å². The molecule has 0 N–H and O–H groups in total. The molecule has 4 heteroatoms. The fourth-order valence-corrected chi connectivity index (χ4v) is 8.14. The maximum Gasteiger partial charge on any atom is 0.164 e. The van der Waals surface area contributed by atoms with Crippen LogP contribution in [0.25, 0.3) is 67.5 Å². The van der Waals surface area contributed by atoms with Crippen molar-refractivity contribution in [2.75, 3.05) is 0 Å². The minimum absolute atomic E-state index is 0.473. The van der Waals surface area contributed by atoms with E-state index in [9.17, 15) is 0 Å². The minimum Gasteiger partial charge on any atom is -0.264 e. The van der Waals surface area contributed by atoms with E-state index in [4.69, 9.17) is 15.0 Å². The molecule has 4 nitrogen and oxygen atoms in total. The summed E-state index contributed by atoms with van der Waals surface area (Å²) >= 11 is 0. The van der Waals surface area contributed by atoms with Crippen LogP contribution in [0, 0.1) is 0 Å². The molecule has 1 aliphatic rings. The molecule has 10 rings (SSSR count). The van der Waals surface area contributed by atoms with Gasteiger partial charge in [0.05, 0.1) is 5.41 Å². The van der Waals surface area contributed by atoms with Gasteiger partial charge in [-0.2, -0.15) is 0 Å². The third-order valence-corrected chi connectivity index (χ3v) is 10.7. The lowest BCUT2D eigenvalue weighted by Gasteiger charge is -2.33. The molecule has 9 aromatic rings. The second-order valence-corrected chi connectivity index (χ2v) is 13.9. The van der Waals surface area contributed by atoms with Gasteiger partial charge < -0.3 is 0 Å². The molecular formula is C51H34N4. The predicted molar refractivity (Wildman–Crippen MR) is 222 cm³/mol. The molecule has 2 heterocycles. The first-order valence-corrected chi connectivity index (χ1v) is 18.5. The van der Waals surface area contributed by atoms with Crippen molar-refractivity contribution >= 4 is 0 Å². The summed E-state index contributed by atoms with van der Waals surface area (Å²) in [6, 6.07) is 68.5. The molecule has 0 radical (unpaired) electrons. The van der Waals surface area contributed by atoms with Gasteiger partial charge in [0.15, 0.2) is 17.5 Å². The summed E-state index contributed by atoms with van der Waals surface area (Å²) in [6.45, 7) is 0. The highest BCUT2D eigenvalue weighted by Gasteiger charge is 2.46. The van der Waals surface area contributed by atoms with E-state index < -0.39 is 5.41 Å². The molecule has 0 aliphatic heterocycles. The molecular weight excluding hydrogens is 669 g/mol. The number of fused-ring (bicyclic) bond motifs is 3. The SMILES string of the molecule is c1ccc(-c2ccc(-c3nc(-c4ccc(-c5cccnc5)cc4)nc(-c4ccc5c(c4)-c4ccccc4C5(c4ccccc4)c4ccccc4)n3)cc2)cc1. The van der Waals surface area contributed by atoms with Crippen molar-refractivity contribution in [3.63, 3.8) is 0 Å². The van der Waals surface area contributed by atoms with Crippen molar-refractivity contribution in [2.45, 2.75) is 5.41 Å². The second-order valence-electron chi connectivity index (χ2n) is 13.9. The van der Waals surface area contributed by atoms with Crippen LogP contribution in [0.1, 0.15) is 22.3 Å². The zero-order chi connectivity index (χ0) is 36.6. The van der Waals surface area contributed by atoms with E-state index in [1.165, 1.54) is 38.9 Å². The van der Waals surface area contributed by atoms with Gasteiger partial charge in [-0.1, -0.05) is 182 Å². The van der Waals surface area contributed by atoms with E-state index in [1.54, 1.807) is 6.20 Å². The molecule has 0 fully saturated rings. The number of rotatable bonds is 7. The summed E-state index contributed by atoms with van der Waals surface area (Å²) in [5, 5.41) is 0.